The van der Waals surface area contributed by atoms with Crippen molar-refractivity contribution in [3.8, 4) is 11.5 Å². The number of para-hydroxylation sites is 1. The molecule has 0 atom stereocenters. The third kappa shape index (κ3) is 3.75. The summed E-state index contributed by atoms with van der Waals surface area (Å²) >= 11 is 6.08. The Labute approximate surface area is 123 Å². The number of carbonyl (C=O) groups is 1. The van der Waals surface area contributed by atoms with Gasteiger partial charge in [0.05, 0.1) is 17.2 Å². The molecule has 0 saturated heterocycles. The molecule has 0 spiro atoms. The van der Waals surface area contributed by atoms with Crippen molar-refractivity contribution in [2.75, 3.05) is 6.61 Å². The highest BCUT2D eigenvalue weighted by Crippen LogP contribution is 2.26. The van der Waals surface area contributed by atoms with Gasteiger partial charge >= 0.3 is 5.97 Å². The van der Waals surface area contributed by atoms with Crippen LogP contribution < -0.4 is 9.47 Å². The van der Waals surface area contributed by atoms with Gasteiger partial charge in [0.2, 0.25) is 0 Å². The van der Waals surface area contributed by atoms with E-state index in [0.717, 1.165) is 6.42 Å². The molecule has 0 aromatic heterocycles. The van der Waals surface area contributed by atoms with Crippen molar-refractivity contribution in [2.24, 2.45) is 0 Å². The third-order valence-corrected chi connectivity index (χ3v) is 2.88. The Bertz CT molecular complexity index is 582. The Hall–Kier alpha value is -2.00. The van der Waals surface area contributed by atoms with E-state index in [1.54, 1.807) is 42.5 Å². The lowest BCUT2D eigenvalue weighted by atomic mass is 10.2. The van der Waals surface area contributed by atoms with E-state index < -0.39 is 5.97 Å². The highest BCUT2D eigenvalue weighted by molar-refractivity contribution is 6.32. The van der Waals surface area contributed by atoms with Crippen LogP contribution in [-0.2, 0) is 0 Å². The maximum atomic E-state index is 12.0. The number of rotatable bonds is 5. The second-order valence-corrected chi connectivity index (χ2v) is 4.60. The summed E-state index contributed by atoms with van der Waals surface area (Å²) in [4.78, 5) is 12.0. The summed E-state index contributed by atoms with van der Waals surface area (Å²) in [6.07, 6.45) is 0.897. The molecule has 104 valence electrons. The first kappa shape index (κ1) is 14.4. The van der Waals surface area contributed by atoms with Crippen LogP contribution in [0.1, 0.15) is 23.7 Å². The monoisotopic (exact) mass is 290 g/mol. The van der Waals surface area contributed by atoms with Gasteiger partial charge in [-0.3, -0.25) is 0 Å². The van der Waals surface area contributed by atoms with Crippen molar-refractivity contribution in [3.05, 3.63) is 59.1 Å². The minimum atomic E-state index is -0.444. The molecular weight excluding hydrogens is 276 g/mol. The van der Waals surface area contributed by atoms with Crippen LogP contribution in [-0.4, -0.2) is 12.6 Å². The minimum absolute atomic E-state index is 0.391. The molecule has 0 N–H and O–H groups in total. The van der Waals surface area contributed by atoms with Gasteiger partial charge in [-0.1, -0.05) is 36.7 Å². The van der Waals surface area contributed by atoms with Gasteiger partial charge in [-0.2, -0.15) is 0 Å². The van der Waals surface area contributed by atoms with E-state index >= 15 is 0 Å². The normalized spacial score (nSPS) is 10.1. The van der Waals surface area contributed by atoms with Crippen molar-refractivity contribution in [1.29, 1.82) is 0 Å². The highest BCUT2D eigenvalue weighted by Gasteiger charge is 2.11. The third-order valence-electron chi connectivity index (χ3n) is 2.58. The number of esters is 1. The van der Waals surface area contributed by atoms with Crippen LogP contribution in [0.15, 0.2) is 48.5 Å². The molecule has 0 heterocycles. The number of benzene rings is 2. The number of halogens is 1. The van der Waals surface area contributed by atoms with E-state index in [1.807, 2.05) is 13.0 Å². The molecule has 0 saturated carbocycles. The summed E-state index contributed by atoms with van der Waals surface area (Å²) in [6.45, 7) is 2.60. The van der Waals surface area contributed by atoms with Crippen LogP contribution in [0.4, 0.5) is 0 Å². The molecule has 2 aromatic carbocycles. The lowest BCUT2D eigenvalue weighted by Gasteiger charge is -2.08. The number of ether oxygens (including phenoxy) is 2. The molecular formula is C16H15ClO3. The number of hydrogen-bond donors (Lipinski definition) is 0. The lowest BCUT2D eigenvalue weighted by Crippen LogP contribution is -2.08. The van der Waals surface area contributed by atoms with Gasteiger partial charge in [0.15, 0.2) is 0 Å². The molecule has 2 rings (SSSR count). The van der Waals surface area contributed by atoms with Crippen molar-refractivity contribution < 1.29 is 14.3 Å². The molecule has 0 aliphatic carbocycles. The predicted octanol–water partition coefficient (Wildman–Crippen LogP) is 4.35. The van der Waals surface area contributed by atoms with Crippen molar-refractivity contribution >= 4 is 17.6 Å². The zero-order chi connectivity index (χ0) is 14.4. The maximum absolute atomic E-state index is 12.0. The maximum Gasteiger partial charge on any atom is 0.343 e. The molecule has 0 amide bonds. The van der Waals surface area contributed by atoms with E-state index in [4.69, 9.17) is 21.1 Å². The second kappa shape index (κ2) is 6.96. The van der Waals surface area contributed by atoms with Crippen LogP contribution in [0.5, 0.6) is 11.5 Å². The Morgan fingerprint density at radius 1 is 1.15 bits per heavy atom. The predicted molar refractivity (Wildman–Crippen MR) is 78.6 cm³/mol. The molecule has 0 aliphatic rings. The smallest absolute Gasteiger partial charge is 0.343 e. The van der Waals surface area contributed by atoms with Crippen molar-refractivity contribution in [1.82, 2.24) is 0 Å². The molecule has 0 bridgehead atoms. The molecule has 20 heavy (non-hydrogen) atoms. The van der Waals surface area contributed by atoms with Crippen LogP contribution >= 0.6 is 11.6 Å². The summed E-state index contributed by atoms with van der Waals surface area (Å²) in [5.74, 6) is 0.629. The fraction of sp³-hybridized carbons (Fsp3) is 0.188. The van der Waals surface area contributed by atoms with Crippen LogP contribution in [0.2, 0.25) is 5.02 Å². The zero-order valence-corrected chi connectivity index (χ0v) is 11.9. The van der Waals surface area contributed by atoms with E-state index in [9.17, 15) is 4.79 Å². The summed E-state index contributed by atoms with van der Waals surface area (Å²) in [5.41, 5.74) is 0.391. The topological polar surface area (TPSA) is 35.5 Å². The van der Waals surface area contributed by atoms with Gasteiger partial charge < -0.3 is 9.47 Å². The molecule has 4 heteroatoms. The fourth-order valence-corrected chi connectivity index (χ4v) is 1.85. The van der Waals surface area contributed by atoms with Crippen LogP contribution in [0.3, 0.4) is 0 Å². The lowest BCUT2D eigenvalue weighted by molar-refractivity contribution is 0.0734. The van der Waals surface area contributed by atoms with Gasteiger partial charge in [0.1, 0.15) is 11.5 Å². The molecule has 0 unspecified atom stereocenters. The van der Waals surface area contributed by atoms with E-state index in [0.29, 0.717) is 28.7 Å². The molecule has 3 nitrogen and oxygen atoms in total. The first-order valence-corrected chi connectivity index (χ1v) is 6.78. The standard InChI is InChI=1S/C16H15ClO3/c1-2-10-19-15-9-8-12(11-14(15)17)16(18)20-13-6-4-3-5-7-13/h3-9,11H,2,10H2,1H3. The summed E-state index contributed by atoms with van der Waals surface area (Å²) in [5, 5.41) is 0.404. The molecule has 0 fully saturated rings. The van der Waals surface area contributed by atoms with Gasteiger partial charge in [0.25, 0.3) is 0 Å². The Kier molecular flexibility index (Phi) is 5.02. The van der Waals surface area contributed by atoms with Gasteiger partial charge in [-0.15, -0.1) is 0 Å². The fourth-order valence-electron chi connectivity index (χ4n) is 1.61. The first-order chi connectivity index (χ1) is 9.70. The van der Waals surface area contributed by atoms with Crippen molar-refractivity contribution in [3.63, 3.8) is 0 Å². The number of hydrogen-bond acceptors (Lipinski definition) is 3. The summed E-state index contributed by atoms with van der Waals surface area (Å²) in [6, 6.07) is 13.8. The highest BCUT2D eigenvalue weighted by atomic mass is 35.5. The van der Waals surface area contributed by atoms with Gasteiger partial charge in [-0.05, 0) is 36.8 Å². The average molecular weight is 291 g/mol. The molecule has 0 radical (unpaired) electrons. The van der Waals surface area contributed by atoms with Crippen LogP contribution in [0, 0.1) is 0 Å². The van der Waals surface area contributed by atoms with Gasteiger partial charge in [0, 0.05) is 0 Å². The average Bonchev–Trinajstić information content (AvgIpc) is 2.47. The Balaban J connectivity index is 2.09. The Morgan fingerprint density at radius 3 is 2.55 bits per heavy atom. The zero-order valence-electron chi connectivity index (χ0n) is 11.1. The largest absolute Gasteiger partial charge is 0.492 e. The summed E-state index contributed by atoms with van der Waals surface area (Å²) in [7, 11) is 0. The second-order valence-electron chi connectivity index (χ2n) is 4.20. The first-order valence-electron chi connectivity index (χ1n) is 6.40. The quantitative estimate of drug-likeness (QED) is 0.607. The molecule has 2 aromatic rings. The SMILES string of the molecule is CCCOc1ccc(C(=O)Oc2ccccc2)cc1Cl. The van der Waals surface area contributed by atoms with Crippen LogP contribution in [0.25, 0.3) is 0 Å². The minimum Gasteiger partial charge on any atom is -0.492 e. The van der Waals surface area contributed by atoms with Crippen molar-refractivity contribution in [2.45, 2.75) is 13.3 Å². The number of carbonyl (C=O) groups excluding carboxylic acids is 1. The van der Waals surface area contributed by atoms with Gasteiger partial charge in [-0.25, -0.2) is 4.79 Å². The van der Waals surface area contributed by atoms with E-state index in [1.165, 1.54) is 0 Å². The summed E-state index contributed by atoms with van der Waals surface area (Å²) < 4.78 is 10.7. The van der Waals surface area contributed by atoms with E-state index in [-0.39, 0.29) is 0 Å². The Morgan fingerprint density at radius 2 is 1.90 bits per heavy atom. The molecule has 0 aliphatic heterocycles. The van der Waals surface area contributed by atoms with E-state index in [2.05, 4.69) is 0 Å².